The summed E-state index contributed by atoms with van der Waals surface area (Å²) >= 11 is 7.07. The second-order valence-corrected chi connectivity index (χ2v) is 7.38. The maximum absolute atomic E-state index is 12.2. The molecule has 0 saturated carbocycles. The summed E-state index contributed by atoms with van der Waals surface area (Å²) in [6.45, 7) is 0.650. The van der Waals surface area contributed by atoms with Crippen molar-refractivity contribution in [2.45, 2.75) is 10.8 Å². The van der Waals surface area contributed by atoms with Gasteiger partial charge in [-0.3, -0.25) is 4.72 Å². The summed E-state index contributed by atoms with van der Waals surface area (Å²) < 4.78 is 27.1. The lowest BCUT2D eigenvalue weighted by Crippen LogP contribution is -2.11. The van der Waals surface area contributed by atoms with Crippen LogP contribution in [-0.4, -0.2) is 15.5 Å². The lowest BCUT2D eigenvalue weighted by molar-refractivity contribution is 0.603. The van der Waals surface area contributed by atoms with Crippen LogP contribution in [-0.2, 0) is 16.6 Å². The average molecular weight is 317 g/mol. The number of sulfonamides is 1. The van der Waals surface area contributed by atoms with Gasteiger partial charge in [-0.05, 0) is 37.4 Å². The van der Waals surface area contributed by atoms with Gasteiger partial charge in [-0.1, -0.05) is 17.7 Å². The molecular weight excluding hydrogens is 304 g/mol. The van der Waals surface area contributed by atoms with E-state index in [2.05, 4.69) is 10.0 Å². The molecule has 1 heterocycles. The Hall–Kier alpha value is -1.08. The Kier molecular flexibility index (Phi) is 4.46. The molecule has 0 spiro atoms. The van der Waals surface area contributed by atoms with Crippen molar-refractivity contribution < 1.29 is 8.42 Å². The van der Waals surface area contributed by atoms with Gasteiger partial charge in [0.25, 0.3) is 10.0 Å². The Morgan fingerprint density at radius 2 is 2.05 bits per heavy atom. The minimum absolute atomic E-state index is 0.290. The zero-order valence-corrected chi connectivity index (χ0v) is 12.6. The number of hydrogen-bond donors (Lipinski definition) is 2. The van der Waals surface area contributed by atoms with Crippen molar-refractivity contribution >= 4 is 38.6 Å². The van der Waals surface area contributed by atoms with Crippen molar-refractivity contribution in [1.82, 2.24) is 5.32 Å². The molecule has 0 amide bonds. The highest BCUT2D eigenvalue weighted by Gasteiger charge is 2.16. The lowest BCUT2D eigenvalue weighted by atomic mass is 10.3. The average Bonchev–Trinajstić information content (AvgIpc) is 2.78. The van der Waals surface area contributed by atoms with Gasteiger partial charge >= 0.3 is 0 Å². The number of benzene rings is 1. The van der Waals surface area contributed by atoms with Gasteiger partial charge in [0.2, 0.25) is 0 Å². The molecule has 0 atom stereocenters. The third-order valence-electron chi connectivity index (χ3n) is 2.33. The van der Waals surface area contributed by atoms with E-state index in [4.69, 9.17) is 11.6 Å². The van der Waals surface area contributed by atoms with E-state index in [0.717, 1.165) is 4.88 Å². The van der Waals surface area contributed by atoms with E-state index >= 15 is 0 Å². The minimum Gasteiger partial charge on any atom is -0.315 e. The Balaban J connectivity index is 2.22. The van der Waals surface area contributed by atoms with Gasteiger partial charge in [-0.2, -0.15) is 0 Å². The molecule has 0 fully saturated rings. The van der Waals surface area contributed by atoms with Crippen LogP contribution in [0.25, 0.3) is 0 Å². The van der Waals surface area contributed by atoms with Gasteiger partial charge in [0, 0.05) is 16.4 Å². The molecule has 7 heteroatoms. The quantitative estimate of drug-likeness (QED) is 0.891. The molecule has 2 N–H and O–H groups in total. The molecule has 1 aromatic carbocycles. The van der Waals surface area contributed by atoms with Gasteiger partial charge in [-0.15, -0.1) is 11.3 Å². The highest BCUT2D eigenvalue weighted by molar-refractivity contribution is 7.94. The van der Waals surface area contributed by atoms with E-state index in [1.54, 1.807) is 36.4 Å². The number of nitrogens with one attached hydrogen (secondary N) is 2. The van der Waals surface area contributed by atoms with Crippen LogP contribution >= 0.6 is 22.9 Å². The van der Waals surface area contributed by atoms with Gasteiger partial charge < -0.3 is 5.32 Å². The van der Waals surface area contributed by atoms with Crippen LogP contribution < -0.4 is 10.0 Å². The number of rotatable bonds is 5. The number of halogens is 1. The zero-order chi connectivity index (χ0) is 13.9. The van der Waals surface area contributed by atoms with Crippen LogP contribution in [0.1, 0.15) is 4.88 Å². The minimum atomic E-state index is -3.55. The first kappa shape index (κ1) is 14.3. The van der Waals surface area contributed by atoms with E-state index in [1.165, 1.54) is 11.3 Å². The van der Waals surface area contributed by atoms with Crippen LogP contribution in [0.5, 0.6) is 0 Å². The maximum atomic E-state index is 12.2. The first-order chi connectivity index (χ1) is 9.01. The van der Waals surface area contributed by atoms with Crippen molar-refractivity contribution in [3.8, 4) is 0 Å². The van der Waals surface area contributed by atoms with E-state index < -0.39 is 10.0 Å². The highest BCUT2D eigenvalue weighted by Crippen LogP contribution is 2.25. The Morgan fingerprint density at radius 3 is 2.74 bits per heavy atom. The van der Waals surface area contributed by atoms with E-state index in [0.29, 0.717) is 17.3 Å². The van der Waals surface area contributed by atoms with Crippen molar-refractivity contribution in [2.24, 2.45) is 0 Å². The van der Waals surface area contributed by atoms with E-state index in [1.807, 2.05) is 7.05 Å². The van der Waals surface area contributed by atoms with Crippen LogP contribution in [0.4, 0.5) is 5.69 Å². The fourth-order valence-corrected chi connectivity index (χ4v) is 4.14. The summed E-state index contributed by atoms with van der Waals surface area (Å²) in [5, 5.41) is 3.47. The summed E-state index contributed by atoms with van der Waals surface area (Å²) in [6.07, 6.45) is 0. The smallest absolute Gasteiger partial charge is 0.271 e. The van der Waals surface area contributed by atoms with Gasteiger partial charge in [0.15, 0.2) is 0 Å². The number of hydrogen-bond acceptors (Lipinski definition) is 4. The predicted octanol–water partition coefficient (Wildman–Crippen LogP) is 2.92. The van der Waals surface area contributed by atoms with Gasteiger partial charge in [0.1, 0.15) is 4.21 Å². The molecule has 19 heavy (non-hydrogen) atoms. The second kappa shape index (κ2) is 5.92. The van der Waals surface area contributed by atoms with Crippen molar-refractivity contribution in [1.29, 1.82) is 0 Å². The first-order valence-electron chi connectivity index (χ1n) is 5.53. The summed E-state index contributed by atoms with van der Waals surface area (Å²) in [5.41, 5.74) is 0.455. The molecule has 0 radical (unpaired) electrons. The molecule has 1 aromatic heterocycles. The molecule has 0 aliphatic heterocycles. The van der Waals surface area contributed by atoms with Crippen molar-refractivity contribution in [3.05, 3.63) is 46.3 Å². The summed E-state index contributed by atoms with van der Waals surface area (Å²) in [6, 6.07) is 10.0. The molecule has 2 rings (SSSR count). The monoisotopic (exact) mass is 316 g/mol. The third-order valence-corrected chi connectivity index (χ3v) is 5.52. The fraction of sp³-hybridized carbons (Fsp3) is 0.167. The Bertz CT molecular complexity index is 668. The SMILES string of the molecule is CNCc1ccc(S(=O)(=O)Nc2cccc(Cl)c2)s1. The molecule has 2 aromatic rings. The van der Waals surface area contributed by atoms with Gasteiger partial charge in [0.05, 0.1) is 5.69 Å². The maximum Gasteiger partial charge on any atom is 0.271 e. The van der Waals surface area contributed by atoms with Crippen LogP contribution in [0.15, 0.2) is 40.6 Å². The summed E-state index contributed by atoms with van der Waals surface area (Å²) in [7, 11) is -1.73. The molecule has 0 aliphatic carbocycles. The van der Waals surface area contributed by atoms with Crippen LogP contribution in [0.3, 0.4) is 0 Å². The van der Waals surface area contributed by atoms with Crippen molar-refractivity contribution in [3.63, 3.8) is 0 Å². The Morgan fingerprint density at radius 1 is 1.26 bits per heavy atom. The number of thiophene rings is 1. The Labute approximate surface area is 121 Å². The zero-order valence-electron chi connectivity index (χ0n) is 10.2. The summed E-state index contributed by atoms with van der Waals surface area (Å²) in [4.78, 5) is 0.967. The third kappa shape index (κ3) is 3.70. The molecule has 0 aliphatic rings. The molecular formula is C12H13ClN2O2S2. The number of anilines is 1. The molecule has 4 nitrogen and oxygen atoms in total. The van der Waals surface area contributed by atoms with Gasteiger partial charge in [-0.25, -0.2) is 8.42 Å². The first-order valence-corrected chi connectivity index (χ1v) is 8.21. The molecule has 0 bridgehead atoms. The van der Waals surface area contributed by atoms with E-state index in [9.17, 15) is 8.42 Å². The predicted molar refractivity (Wildman–Crippen MR) is 79.3 cm³/mol. The normalized spacial score (nSPS) is 11.5. The fourth-order valence-electron chi connectivity index (χ4n) is 1.53. The largest absolute Gasteiger partial charge is 0.315 e. The second-order valence-electron chi connectivity index (χ2n) is 3.87. The topological polar surface area (TPSA) is 58.2 Å². The lowest BCUT2D eigenvalue weighted by Gasteiger charge is -2.06. The highest BCUT2D eigenvalue weighted by atomic mass is 35.5. The standard InChI is InChI=1S/C12H13ClN2O2S2/c1-14-8-11-5-6-12(18-11)19(16,17)15-10-4-2-3-9(13)7-10/h2-7,14-15H,8H2,1H3. The van der Waals surface area contributed by atoms with Crippen LogP contribution in [0, 0.1) is 0 Å². The molecule has 0 saturated heterocycles. The molecule has 102 valence electrons. The van der Waals surface area contributed by atoms with Crippen molar-refractivity contribution in [2.75, 3.05) is 11.8 Å². The molecule has 0 unspecified atom stereocenters. The van der Waals surface area contributed by atoms with E-state index in [-0.39, 0.29) is 4.21 Å². The van der Waals surface area contributed by atoms with Crippen LogP contribution in [0.2, 0.25) is 5.02 Å². The summed E-state index contributed by atoms with van der Waals surface area (Å²) in [5.74, 6) is 0.